The maximum atomic E-state index is 12.5. The summed E-state index contributed by atoms with van der Waals surface area (Å²) in [5.41, 5.74) is 1.72. The van der Waals surface area contributed by atoms with Crippen molar-refractivity contribution in [3.63, 3.8) is 0 Å². The first kappa shape index (κ1) is 14.1. The van der Waals surface area contributed by atoms with E-state index in [0.29, 0.717) is 11.7 Å². The molecule has 3 rings (SSSR count). The van der Waals surface area contributed by atoms with Gasteiger partial charge in [-0.2, -0.15) is 0 Å². The number of piperidine rings is 1. The molecular weight excluding hydrogens is 266 g/mol. The van der Waals surface area contributed by atoms with Crippen LogP contribution in [0.1, 0.15) is 25.6 Å². The van der Waals surface area contributed by atoms with E-state index in [1.807, 2.05) is 33.7 Å². The maximum absolute atomic E-state index is 12.5. The number of benzene rings is 1. The molecule has 1 amide bonds. The lowest BCUT2D eigenvalue weighted by molar-refractivity contribution is -0.133. The molecule has 21 heavy (non-hydrogen) atoms. The minimum atomic E-state index is -0.154. The van der Waals surface area contributed by atoms with Gasteiger partial charge in [-0.15, -0.1) is 0 Å². The Morgan fingerprint density at radius 3 is 2.76 bits per heavy atom. The van der Waals surface area contributed by atoms with Crippen LogP contribution in [0.3, 0.4) is 0 Å². The summed E-state index contributed by atoms with van der Waals surface area (Å²) in [5.74, 6) is 1.37. The Labute approximate surface area is 124 Å². The number of amides is 1. The molecule has 1 aliphatic rings. The molecule has 0 spiro atoms. The number of para-hydroxylation sites is 2. The van der Waals surface area contributed by atoms with Crippen LogP contribution in [0.25, 0.3) is 11.0 Å². The number of aliphatic hydroxyl groups excluding tert-OH is 1. The third kappa shape index (κ3) is 2.78. The SMILES string of the molecule is CC1CCN(C(=O)Cn2c(CO)nc3ccccc32)CC1. The van der Waals surface area contributed by atoms with Gasteiger partial charge in [0.2, 0.25) is 5.91 Å². The Hall–Kier alpha value is -1.88. The zero-order chi connectivity index (χ0) is 14.8. The quantitative estimate of drug-likeness (QED) is 0.936. The summed E-state index contributed by atoms with van der Waals surface area (Å²) < 4.78 is 1.83. The molecule has 112 valence electrons. The first-order valence-electron chi connectivity index (χ1n) is 7.52. The molecule has 1 saturated heterocycles. The van der Waals surface area contributed by atoms with Crippen molar-refractivity contribution in [2.24, 2.45) is 5.92 Å². The van der Waals surface area contributed by atoms with Crippen molar-refractivity contribution in [1.82, 2.24) is 14.5 Å². The van der Waals surface area contributed by atoms with Crippen LogP contribution in [-0.2, 0) is 17.9 Å². The molecule has 0 atom stereocenters. The number of carbonyl (C=O) groups is 1. The minimum absolute atomic E-state index is 0.111. The van der Waals surface area contributed by atoms with Gasteiger partial charge in [0, 0.05) is 13.1 Å². The maximum Gasteiger partial charge on any atom is 0.242 e. The summed E-state index contributed by atoms with van der Waals surface area (Å²) >= 11 is 0. The van der Waals surface area contributed by atoms with E-state index >= 15 is 0 Å². The van der Waals surface area contributed by atoms with Gasteiger partial charge in [-0.3, -0.25) is 4.79 Å². The van der Waals surface area contributed by atoms with E-state index in [1.165, 1.54) is 0 Å². The smallest absolute Gasteiger partial charge is 0.242 e. The van der Waals surface area contributed by atoms with Gasteiger partial charge in [-0.25, -0.2) is 4.98 Å². The monoisotopic (exact) mass is 287 g/mol. The van der Waals surface area contributed by atoms with Crippen molar-refractivity contribution in [1.29, 1.82) is 0 Å². The third-order valence-electron chi connectivity index (χ3n) is 4.30. The average Bonchev–Trinajstić information content (AvgIpc) is 2.86. The van der Waals surface area contributed by atoms with E-state index in [2.05, 4.69) is 11.9 Å². The first-order valence-corrected chi connectivity index (χ1v) is 7.52. The average molecular weight is 287 g/mol. The Bertz CT molecular complexity index is 642. The van der Waals surface area contributed by atoms with Crippen LogP contribution in [0.5, 0.6) is 0 Å². The first-order chi connectivity index (χ1) is 10.2. The van der Waals surface area contributed by atoms with Crippen molar-refractivity contribution < 1.29 is 9.90 Å². The molecule has 0 bridgehead atoms. The predicted molar refractivity (Wildman–Crippen MR) is 80.6 cm³/mol. The summed E-state index contributed by atoms with van der Waals surface area (Å²) in [7, 11) is 0. The van der Waals surface area contributed by atoms with Gasteiger partial charge in [0.1, 0.15) is 19.0 Å². The summed E-state index contributed by atoms with van der Waals surface area (Å²) in [6, 6.07) is 7.68. The second-order valence-corrected chi connectivity index (χ2v) is 5.82. The zero-order valence-corrected chi connectivity index (χ0v) is 12.3. The van der Waals surface area contributed by atoms with Crippen LogP contribution >= 0.6 is 0 Å². The van der Waals surface area contributed by atoms with Crippen molar-refractivity contribution in [2.75, 3.05) is 13.1 Å². The predicted octanol–water partition coefficient (Wildman–Crippen LogP) is 1.79. The topological polar surface area (TPSA) is 58.4 Å². The number of hydrogen-bond donors (Lipinski definition) is 1. The van der Waals surface area contributed by atoms with Crippen LogP contribution in [0.4, 0.5) is 0 Å². The lowest BCUT2D eigenvalue weighted by atomic mass is 9.99. The van der Waals surface area contributed by atoms with Gasteiger partial charge in [0.15, 0.2) is 0 Å². The Morgan fingerprint density at radius 2 is 2.05 bits per heavy atom. The van der Waals surface area contributed by atoms with E-state index in [4.69, 9.17) is 0 Å². The third-order valence-corrected chi connectivity index (χ3v) is 4.30. The Kier molecular flexibility index (Phi) is 3.92. The number of hydrogen-bond acceptors (Lipinski definition) is 3. The molecule has 5 heteroatoms. The lowest BCUT2D eigenvalue weighted by Gasteiger charge is -2.30. The molecule has 0 aliphatic carbocycles. The van der Waals surface area contributed by atoms with Crippen molar-refractivity contribution in [2.45, 2.75) is 32.9 Å². The number of likely N-dealkylation sites (tertiary alicyclic amines) is 1. The van der Waals surface area contributed by atoms with Crippen molar-refractivity contribution in [3.05, 3.63) is 30.1 Å². The molecule has 1 aromatic heterocycles. The van der Waals surface area contributed by atoms with Gasteiger partial charge < -0.3 is 14.6 Å². The molecule has 1 N–H and O–H groups in total. The van der Waals surface area contributed by atoms with Gasteiger partial charge in [0.05, 0.1) is 11.0 Å². The number of aliphatic hydroxyl groups is 1. The van der Waals surface area contributed by atoms with E-state index in [0.717, 1.165) is 37.0 Å². The van der Waals surface area contributed by atoms with Gasteiger partial charge in [-0.05, 0) is 30.9 Å². The molecule has 1 aliphatic heterocycles. The minimum Gasteiger partial charge on any atom is -0.388 e. The number of fused-ring (bicyclic) bond motifs is 1. The molecular formula is C16H21N3O2. The Balaban J connectivity index is 1.82. The number of rotatable bonds is 3. The second kappa shape index (κ2) is 5.85. The Morgan fingerprint density at radius 1 is 1.33 bits per heavy atom. The molecule has 0 radical (unpaired) electrons. The fraction of sp³-hybridized carbons (Fsp3) is 0.500. The van der Waals surface area contributed by atoms with E-state index in [-0.39, 0.29) is 19.1 Å². The molecule has 0 saturated carbocycles. The fourth-order valence-electron chi connectivity index (χ4n) is 2.92. The molecule has 1 fully saturated rings. The van der Waals surface area contributed by atoms with Crippen LogP contribution in [-0.4, -0.2) is 38.6 Å². The lowest BCUT2D eigenvalue weighted by Crippen LogP contribution is -2.39. The van der Waals surface area contributed by atoms with Gasteiger partial charge in [-0.1, -0.05) is 19.1 Å². The number of imidazole rings is 1. The molecule has 2 heterocycles. The highest BCUT2D eigenvalue weighted by Crippen LogP contribution is 2.19. The molecule has 0 unspecified atom stereocenters. The van der Waals surface area contributed by atoms with Crippen LogP contribution in [0.15, 0.2) is 24.3 Å². The number of nitrogens with zero attached hydrogens (tertiary/aromatic N) is 3. The number of carbonyl (C=O) groups excluding carboxylic acids is 1. The van der Waals surface area contributed by atoms with Crippen LogP contribution < -0.4 is 0 Å². The number of aromatic nitrogens is 2. The zero-order valence-electron chi connectivity index (χ0n) is 12.3. The molecule has 5 nitrogen and oxygen atoms in total. The highest BCUT2D eigenvalue weighted by molar-refractivity contribution is 5.81. The summed E-state index contributed by atoms with van der Waals surface area (Å²) in [6.45, 7) is 4.00. The highest BCUT2D eigenvalue weighted by atomic mass is 16.3. The van der Waals surface area contributed by atoms with Crippen molar-refractivity contribution in [3.8, 4) is 0 Å². The molecule has 1 aromatic carbocycles. The van der Waals surface area contributed by atoms with E-state index < -0.39 is 0 Å². The normalized spacial score (nSPS) is 16.6. The summed E-state index contributed by atoms with van der Waals surface area (Å²) in [4.78, 5) is 18.8. The van der Waals surface area contributed by atoms with Crippen molar-refractivity contribution >= 4 is 16.9 Å². The van der Waals surface area contributed by atoms with Gasteiger partial charge >= 0.3 is 0 Å². The standard InChI is InChI=1S/C16H21N3O2/c1-12-6-8-18(9-7-12)16(21)10-19-14-5-3-2-4-13(14)17-15(19)11-20/h2-5,12,20H,6-11H2,1H3. The second-order valence-electron chi connectivity index (χ2n) is 5.82. The molecule has 2 aromatic rings. The fourth-order valence-corrected chi connectivity index (χ4v) is 2.92. The van der Waals surface area contributed by atoms with E-state index in [9.17, 15) is 9.90 Å². The summed E-state index contributed by atoms with van der Waals surface area (Å²) in [5, 5.41) is 9.47. The van der Waals surface area contributed by atoms with Crippen LogP contribution in [0.2, 0.25) is 0 Å². The van der Waals surface area contributed by atoms with E-state index in [1.54, 1.807) is 0 Å². The van der Waals surface area contributed by atoms with Gasteiger partial charge in [0.25, 0.3) is 0 Å². The highest BCUT2D eigenvalue weighted by Gasteiger charge is 2.22. The largest absolute Gasteiger partial charge is 0.388 e. The summed E-state index contributed by atoms with van der Waals surface area (Å²) in [6.07, 6.45) is 2.15. The van der Waals surface area contributed by atoms with Crippen LogP contribution in [0, 0.1) is 5.92 Å².